The van der Waals surface area contributed by atoms with Gasteiger partial charge in [0, 0.05) is 11.3 Å². The molecule has 1 N–H and O–H groups in total. The van der Waals surface area contributed by atoms with Gasteiger partial charge in [0.15, 0.2) is 5.76 Å². The van der Waals surface area contributed by atoms with Crippen molar-refractivity contribution in [1.82, 2.24) is 0 Å². The van der Waals surface area contributed by atoms with E-state index in [4.69, 9.17) is 16.0 Å². The first-order valence-electron chi connectivity index (χ1n) is 7.28. The summed E-state index contributed by atoms with van der Waals surface area (Å²) in [6.45, 7) is 0. The fraction of sp³-hybridized carbons (Fsp3) is 0.0556. The van der Waals surface area contributed by atoms with Crippen molar-refractivity contribution in [3.63, 3.8) is 0 Å². The molecule has 3 nitrogen and oxygen atoms in total. The van der Waals surface area contributed by atoms with E-state index in [1.807, 2.05) is 0 Å². The monoisotopic (exact) mass is 383 g/mol. The highest BCUT2D eigenvalue weighted by Crippen LogP contribution is 2.32. The standard InChI is InChI=1S/C18H10ClF4NO2/c19-13-9-12(4-5-14(13)20)24-17(25)16-7-6-15(26-16)10-2-1-3-11(8-10)18(21,22)23/h1-9H,(H,24,25). The van der Waals surface area contributed by atoms with Crippen LogP contribution in [0.25, 0.3) is 11.3 Å². The summed E-state index contributed by atoms with van der Waals surface area (Å²) >= 11 is 5.64. The minimum atomic E-state index is -4.48. The van der Waals surface area contributed by atoms with Crippen molar-refractivity contribution < 1.29 is 26.8 Å². The Morgan fingerprint density at radius 2 is 1.81 bits per heavy atom. The number of hydrogen-bond acceptors (Lipinski definition) is 2. The van der Waals surface area contributed by atoms with E-state index in [1.165, 1.54) is 36.4 Å². The minimum Gasteiger partial charge on any atom is -0.451 e. The maximum atomic E-state index is 13.1. The van der Waals surface area contributed by atoms with Crippen molar-refractivity contribution in [3.05, 3.63) is 76.8 Å². The molecule has 0 aliphatic heterocycles. The van der Waals surface area contributed by atoms with E-state index in [1.54, 1.807) is 0 Å². The predicted molar refractivity (Wildman–Crippen MR) is 88.5 cm³/mol. The van der Waals surface area contributed by atoms with Gasteiger partial charge in [0.05, 0.1) is 10.6 Å². The molecule has 3 rings (SSSR count). The first-order valence-corrected chi connectivity index (χ1v) is 7.66. The van der Waals surface area contributed by atoms with Crippen LogP contribution in [0.5, 0.6) is 0 Å². The number of amides is 1. The lowest BCUT2D eigenvalue weighted by Crippen LogP contribution is -2.10. The normalized spacial score (nSPS) is 11.4. The van der Waals surface area contributed by atoms with E-state index in [9.17, 15) is 22.4 Å². The number of anilines is 1. The van der Waals surface area contributed by atoms with Crippen molar-refractivity contribution in [1.29, 1.82) is 0 Å². The lowest BCUT2D eigenvalue weighted by molar-refractivity contribution is -0.137. The zero-order chi connectivity index (χ0) is 18.9. The fourth-order valence-electron chi connectivity index (χ4n) is 2.23. The van der Waals surface area contributed by atoms with Crippen LogP contribution in [-0.4, -0.2) is 5.91 Å². The number of halogens is 5. The first-order chi connectivity index (χ1) is 12.2. The molecule has 3 aromatic rings. The van der Waals surface area contributed by atoms with Gasteiger partial charge in [-0.25, -0.2) is 4.39 Å². The topological polar surface area (TPSA) is 42.2 Å². The van der Waals surface area contributed by atoms with Gasteiger partial charge < -0.3 is 9.73 Å². The predicted octanol–water partition coefficient (Wildman–Crippen LogP) is 6.01. The molecule has 0 atom stereocenters. The van der Waals surface area contributed by atoms with Crippen molar-refractivity contribution in [2.24, 2.45) is 0 Å². The van der Waals surface area contributed by atoms with Gasteiger partial charge in [0.1, 0.15) is 11.6 Å². The van der Waals surface area contributed by atoms with Gasteiger partial charge in [-0.1, -0.05) is 23.7 Å². The number of alkyl halides is 3. The number of furan rings is 1. The molecule has 0 saturated carbocycles. The molecule has 0 spiro atoms. The van der Waals surface area contributed by atoms with Gasteiger partial charge in [-0.2, -0.15) is 13.2 Å². The van der Waals surface area contributed by atoms with Gasteiger partial charge in [-0.3, -0.25) is 4.79 Å². The van der Waals surface area contributed by atoms with Gasteiger partial charge in [0.2, 0.25) is 0 Å². The molecule has 0 bridgehead atoms. The van der Waals surface area contributed by atoms with Crippen LogP contribution in [0.3, 0.4) is 0 Å². The summed E-state index contributed by atoms with van der Waals surface area (Å²) in [7, 11) is 0. The molecule has 0 saturated heterocycles. The highest BCUT2D eigenvalue weighted by atomic mass is 35.5. The highest BCUT2D eigenvalue weighted by molar-refractivity contribution is 6.31. The Morgan fingerprint density at radius 3 is 2.50 bits per heavy atom. The molecular formula is C18H10ClF4NO2. The van der Waals surface area contributed by atoms with Crippen LogP contribution in [-0.2, 0) is 6.18 Å². The van der Waals surface area contributed by atoms with E-state index >= 15 is 0 Å². The second-order valence-corrected chi connectivity index (χ2v) is 5.73. The highest BCUT2D eigenvalue weighted by Gasteiger charge is 2.30. The van der Waals surface area contributed by atoms with Crippen LogP contribution in [0.4, 0.5) is 23.2 Å². The average Bonchev–Trinajstić information content (AvgIpc) is 3.08. The van der Waals surface area contributed by atoms with Gasteiger partial charge >= 0.3 is 6.18 Å². The van der Waals surface area contributed by atoms with E-state index in [0.717, 1.165) is 18.2 Å². The van der Waals surface area contributed by atoms with E-state index in [0.29, 0.717) is 0 Å². The van der Waals surface area contributed by atoms with E-state index < -0.39 is 23.5 Å². The summed E-state index contributed by atoms with van der Waals surface area (Å²) in [6, 6.07) is 10.9. The minimum absolute atomic E-state index is 0.110. The number of hydrogen-bond donors (Lipinski definition) is 1. The summed E-state index contributed by atoms with van der Waals surface area (Å²) in [6.07, 6.45) is -4.48. The summed E-state index contributed by atoms with van der Waals surface area (Å²) in [5.41, 5.74) is -0.388. The third-order valence-corrected chi connectivity index (χ3v) is 3.77. The second kappa shape index (κ2) is 6.84. The average molecular weight is 384 g/mol. The van der Waals surface area contributed by atoms with E-state index in [-0.39, 0.29) is 27.8 Å². The number of carbonyl (C=O) groups excluding carboxylic acids is 1. The Hall–Kier alpha value is -2.80. The molecule has 0 radical (unpaired) electrons. The molecule has 0 unspecified atom stereocenters. The second-order valence-electron chi connectivity index (χ2n) is 5.33. The van der Waals surface area contributed by atoms with Crippen LogP contribution in [0.1, 0.15) is 16.1 Å². The smallest absolute Gasteiger partial charge is 0.416 e. The zero-order valence-electron chi connectivity index (χ0n) is 12.9. The molecule has 0 fully saturated rings. The van der Waals surface area contributed by atoms with Crippen LogP contribution in [0.15, 0.2) is 59.0 Å². The molecule has 134 valence electrons. The quantitative estimate of drug-likeness (QED) is 0.563. The number of carbonyl (C=O) groups is 1. The van der Waals surface area contributed by atoms with Crippen molar-refractivity contribution in [3.8, 4) is 11.3 Å². The Kier molecular flexibility index (Phi) is 4.73. The summed E-state index contributed by atoms with van der Waals surface area (Å²) in [5.74, 6) is -1.28. The first kappa shape index (κ1) is 18.0. The van der Waals surface area contributed by atoms with E-state index in [2.05, 4.69) is 5.32 Å². The Morgan fingerprint density at radius 1 is 1.04 bits per heavy atom. The van der Waals surface area contributed by atoms with Gasteiger partial charge in [0.25, 0.3) is 5.91 Å². The molecule has 1 aromatic heterocycles. The van der Waals surface area contributed by atoms with Crippen molar-refractivity contribution in [2.75, 3.05) is 5.32 Å². The van der Waals surface area contributed by atoms with Crippen LogP contribution in [0.2, 0.25) is 5.02 Å². The Bertz CT molecular complexity index is 966. The van der Waals surface area contributed by atoms with Crippen LogP contribution >= 0.6 is 11.6 Å². The lowest BCUT2D eigenvalue weighted by Gasteiger charge is -2.07. The zero-order valence-corrected chi connectivity index (χ0v) is 13.7. The maximum Gasteiger partial charge on any atom is 0.416 e. The Labute approximate surface area is 150 Å². The van der Waals surface area contributed by atoms with Gasteiger partial charge in [-0.05, 0) is 42.5 Å². The summed E-state index contributed by atoms with van der Waals surface area (Å²) in [4.78, 5) is 12.2. The van der Waals surface area contributed by atoms with Crippen LogP contribution in [0, 0.1) is 5.82 Å². The number of rotatable bonds is 3. The summed E-state index contributed by atoms with van der Waals surface area (Å²) < 4.78 is 56.8. The molecule has 26 heavy (non-hydrogen) atoms. The third kappa shape index (κ3) is 3.88. The molecule has 0 aliphatic carbocycles. The number of benzene rings is 2. The largest absolute Gasteiger partial charge is 0.451 e. The lowest BCUT2D eigenvalue weighted by atomic mass is 10.1. The SMILES string of the molecule is O=C(Nc1ccc(F)c(Cl)c1)c1ccc(-c2cccc(C(F)(F)F)c2)o1. The third-order valence-electron chi connectivity index (χ3n) is 3.48. The molecule has 0 aliphatic rings. The van der Waals surface area contributed by atoms with Crippen LogP contribution < -0.4 is 5.32 Å². The van der Waals surface area contributed by atoms with Crippen molar-refractivity contribution in [2.45, 2.75) is 6.18 Å². The molecule has 2 aromatic carbocycles. The molecule has 8 heteroatoms. The maximum absolute atomic E-state index is 13.1. The Balaban J connectivity index is 1.81. The summed E-state index contributed by atoms with van der Waals surface area (Å²) in [5, 5.41) is 2.30. The fourth-order valence-corrected chi connectivity index (χ4v) is 2.41. The molecular weight excluding hydrogens is 374 g/mol. The van der Waals surface area contributed by atoms with Crippen molar-refractivity contribution >= 4 is 23.2 Å². The molecule has 1 heterocycles. The van der Waals surface area contributed by atoms with Gasteiger partial charge in [-0.15, -0.1) is 0 Å². The molecule has 1 amide bonds. The number of nitrogens with one attached hydrogen (secondary N) is 1.